The third-order valence-electron chi connectivity index (χ3n) is 4.14. The predicted octanol–water partition coefficient (Wildman–Crippen LogP) is 2.49. The molecule has 106 valence electrons. The number of benzene rings is 1. The summed E-state index contributed by atoms with van der Waals surface area (Å²) < 4.78 is 19.4. The van der Waals surface area contributed by atoms with E-state index in [1.165, 1.54) is 6.07 Å². The van der Waals surface area contributed by atoms with Gasteiger partial charge in [-0.05, 0) is 44.1 Å². The molecule has 1 aliphatic heterocycles. The minimum Gasteiger partial charge on any atom is -0.493 e. The molecule has 1 aromatic rings. The summed E-state index contributed by atoms with van der Waals surface area (Å²) in [5.41, 5.74) is 6.70. The summed E-state index contributed by atoms with van der Waals surface area (Å²) in [6.07, 6.45) is 1.84. The average molecular weight is 266 g/mol. The van der Waals surface area contributed by atoms with Gasteiger partial charge in [-0.15, -0.1) is 0 Å². The van der Waals surface area contributed by atoms with Gasteiger partial charge in [0.1, 0.15) is 11.6 Å². The molecule has 4 heteroatoms. The number of nitrogens with zero attached hydrogens (tertiary/aromatic N) is 1. The monoisotopic (exact) mass is 266 g/mol. The fourth-order valence-corrected chi connectivity index (χ4v) is 3.17. The summed E-state index contributed by atoms with van der Waals surface area (Å²) in [7, 11) is 0. The summed E-state index contributed by atoms with van der Waals surface area (Å²) in [5.74, 6) is 0.547. The van der Waals surface area contributed by atoms with Crippen LogP contribution in [0.3, 0.4) is 0 Å². The SMILES string of the molecule is CCN(CC)C1(CN)CCCOc2ccc(F)cc21. The number of hydrogen-bond donors (Lipinski definition) is 1. The van der Waals surface area contributed by atoms with Crippen LogP contribution in [0.2, 0.25) is 0 Å². The third kappa shape index (κ3) is 2.47. The lowest BCUT2D eigenvalue weighted by Crippen LogP contribution is -2.51. The molecule has 0 radical (unpaired) electrons. The first-order valence-corrected chi connectivity index (χ1v) is 7.06. The Labute approximate surface area is 114 Å². The van der Waals surface area contributed by atoms with E-state index in [4.69, 9.17) is 10.5 Å². The first-order valence-electron chi connectivity index (χ1n) is 7.06. The van der Waals surface area contributed by atoms with Gasteiger partial charge < -0.3 is 10.5 Å². The van der Waals surface area contributed by atoms with Gasteiger partial charge in [0.05, 0.1) is 12.1 Å². The van der Waals surface area contributed by atoms with Gasteiger partial charge >= 0.3 is 0 Å². The molecular weight excluding hydrogens is 243 g/mol. The van der Waals surface area contributed by atoms with Crippen molar-refractivity contribution in [3.8, 4) is 5.75 Å². The van der Waals surface area contributed by atoms with Crippen molar-refractivity contribution in [3.63, 3.8) is 0 Å². The maximum absolute atomic E-state index is 13.7. The second kappa shape index (κ2) is 5.88. The highest BCUT2D eigenvalue weighted by atomic mass is 19.1. The standard InChI is InChI=1S/C15H23FN2O/c1-3-18(4-2)15(11-17)8-5-9-19-14-7-6-12(16)10-13(14)15/h6-7,10H,3-5,8-9,11,17H2,1-2H3. The Morgan fingerprint density at radius 3 is 2.74 bits per heavy atom. The molecule has 2 rings (SSSR count). The van der Waals surface area contributed by atoms with E-state index in [9.17, 15) is 4.39 Å². The molecule has 1 heterocycles. The van der Waals surface area contributed by atoms with Crippen LogP contribution in [-0.4, -0.2) is 31.1 Å². The first kappa shape index (κ1) is 14.3. The van der Waals surface area contributed by atoms with Crippen LogP contribution in [0.15, 0.2) is 18.2 Å². The van der Waals surface area contributed by atoms with E-state index >= 15 is 0 Å². The van der Waals surface area contributed by atoms with Gasteiger partial charge in [0.15, 0.2) is 0 Å². The molecule has 0 amide bonds. The molecule has 0 aliphatic carbocycles. The molecule has 0 saturated carbocycles. The molecule has 0 aromatic heterocycles. The van der Waals surface area contributed by atoms with Crippen LogP contribution < -0.4 is 10.5 Å². The largest absolute Gasteiger partial charge is 0.493 e. The van der Waals surface area contributed by atoms with E-state index in [2.05, 4.69) is 18.7 Å². The highest BCUT2D eigenvalue weighted by Gasteiger charge is 2.39. The molecule has 0 bridgehead atoms. The normalized spacial score (nSPS) is 22.8. The van der Waals surface area contributed by atoms with E-state index in [-0.39, 0.29) is 11.4 Å². The van der Waals surface area contributed by atoms with Gasteiger partial charge in [-0.2, -0.15) is 0 Å². The van der Waals surface area contributed by atoms with Crippen LogP contribution in [0.5, 0.6) is 5.75 Å². The van der Waals surface area contributed by atoms with Crippen molar-refractivity contribution in [1.29, 1.82) is 0 Å². The molecule has 1 aliphatic rings. The number of rotatable bonds is 4. The highest BCUT2D eigenvalue weighted by Crippen LogP contribution is 2.40. The maximum atomic E-state index is 13.7. The van der Waals surface area contributed by atoms with Crippen molar-refractivity contribution in [2.45, 2.75) is 32.2 Å². The minimum atomic E-state index is -0.308. The van der Waals surface area contributed by atoms with Crippen molar-refractivity contribution < 1.29 is 9.13 Å². The minimum absolute atomic E-state index is 0.228. The van der Waals surface area contributed by atoms with Gasteiger partial charge in [0.25, 0.3) is 0 Å². The zero-order valence-corrected chi connectivity index (χ0v) is 11.8. The van der Waals surface area contributed by atoms with Crippen molar-refractivity contribution >= 4 is 0 Å². The molecule has 1 unspecified atom stereocenters. The maximum Gasteiger partial charge on any atom is 0.124 e. The molecular formula is C15H23FN2O. The van der Waals surface area contributed by atoms with Crippen molar-refractivity contribution in [2.24, 2.45) is 5.73 Å². The zero-order valence-electron chi connectivity index (χ0n) is 11.8. The van der Waals surface area contributed by atoms with Gasteiger partial charge in [-0.3, -0.25) is 4.90 Å². The van der Waals surface area contributed by atoms with Crippen LogP contribution in [0.4, 0.5) is 4.39 Å². The third-order valence-corrected chi connectivity index (χ3v) is 4.14. The summed E-state index contributed by atoms with van der Waals surface area (Å²) in [5, 5.41) is 0. The lowest BCUT2D eigenvalue weighted by molar-refractivity contribution is 0.0950. The van der Waals surface area contributed by atoms with Crippen molar-refractivity contribution in [1.82, 2.24) is 4.90 Å². The Bertz CT molecular complexity index is 434. The quantitative estimate of drug-likeness (QED) is 0.910. The van der Waals surface area contributed by atoms with Gasteiger partial charge in [0, 0.05) is 12.1 Å². The van der Waals surface area contributed by atoms with Crippen LogP contribution in [0.1, 0.15) is 32.3 Å². The van der Waals surface area contributed by atoms with E-state index in [1.54, 1.807) is 12.1 Å². The Morgan fingerprint density at radius 1 is 1.37 bits per heavy atom. The fraction of sp³-hybridized carbons (Fsp3) is 0.600. The van der Waals surface area contributed by atoms with Gasteiger partial charge in [0.2, 0.25) is 0 Å². The summed E-state index contributed by atoms with van der Waals surface area (Å²) in [4.78, 5) is 2.32. The molecule has 3 nitrogen and oxygen atoms in total. The number of likely N-dealkylation sites (N-methyl/N-ethyl adjacent to an activating group) is 1. The molecule has 19 heavy (non-hydrogen) atoms. The lowest BCUT2D eigenvalue weighted by atomic mass is 9.83. The number of fused-ring (bicyclic) bond motifs is 1. The second-order valence-electron chi connectivity index (χ2n) is 5.00. The highest BCUT2D eigenvalue weighted by molar-refractivity contribution is 5.41. The predicted molar refractivity (Wildman–Crippen MR) is 74.8 cm³/mol. The zero-order chi connectivity index (χ0) is 13.9. The number of nitrogens with two attached hydrogens (primary N) is 1. The number of hydrogen-bond acceptors (Lipinski definition) is 3. The molecule has 2 N–H and O–H groups in total. The van der Waals surface area contributed by atoms with E-state index < -0.39 is 0 Å². The van der Waals surface area contributed by atoms with Gasteiger partial charge in [-0.1, -0.05) is 13.8 Å². The molecule has 0 spiro atoms. The van der Waals surface area contributed by atoms with E-state index in [1.807, 2.05) is 0 Å². The second-order valence-corrected chi connectivity index (χ2v) is 5.00. The van der Waals surface area contributed by atoms with Crippen LogP contribution >= 0.6 is 0 Å². The number of ether oxygens (including phenoxy) is 1. The molecule has 0 saturated heterocycles. The van der Waals surface area contributed by atoms with Crippen molar-refractivity contribution in [2.75, 3.05) is 26.2 Å². The molecule has 0 fully saturated rings. The Hall–Kier alpha value is -1.13. The smallest absolute Gasteiger partial charge is 0.124 e. The number of halogens is 1. The summed E-state index contributed by atoms with van der Waals surface area (Å²) in [6, 6.07) is 4.77. The Morgan fingerprint density at radius 2 is 2.11 bits per heavy atom. The lowest BCUT2D eigenvalue weighted by Gasteiger charge is -2.42. The fourth-order valence-electron chi connectivity index (χ4n) is 3.17. The van der Waals surface area contributed by atoms with E-state index in [0.717, 1.165) is 37.2 Å². The molecule has 1 aromatic carbocycles. The molecule has 1 atom stereocenters. The van der Waals surface area contributed by atoms with Crippen LogP contribution in [0, 0.1) is 5.82 Å². The van der Waals surface area contributed by atoms with Crippen LogP contribution in [0.25, 0.3) is 0 Å². The Balaban J connectivity index is 2.57. The van der Waals surface area contributed by atoms with E-state index in [0.29, 0.717) is 13.2 Å². The summed E-state index contributed by atoms with van der Waals surface area (Å²) >= 11 is 0. The first-order chi connectivity index (χ1) is 9.17. The summed E-state index contributed by atoms with van der Waals surface area (Å²) in [6.45, 7) is 7.17. The topological polar surface area (TPSA) is 38.5 Å². The average Bonchev–Trinajstić information content (AvgIpc) is 2.61. The Kier molecular flexibility index (Phi) is 4.42. The van der Waals surface area contributed by atoms with Gasteiger partial charge in [-0.25, -0.2) is 4.39 Å². The van der Waals surface area contributed by atoms with Crippen molar-refractivity contribution in [3.05, 3.63) is 29.6 Å². The van der Waals surface area contributed by atoms with Crippen LogP contribution in [-0.2, 0) is 5.54 Å².